The Hall–Kier alpha value is -1.93. The van der Waals surface area contributed by atoms with Crippen LogP contribution in [0.3, 0.4) is 0 Å². The van der Waals surface area contributed by atoms with E-state index in [-0.39, 0.29) is 16.0 Å². The highest BCUT2D eigenvalue weighted by Crippen LogP contribution is 2.40. The summed E-state index contributed by atoms with van der Waals surface area (Å²) in [6, 6.07) is 16.1. The number of quaternary nitrogens is 1. The summed E-state index contributed by atoms with van der Waals surface area (Å²) in [6.45, 7) is 1.94. The summed E-state index contributed by atoms with van der Waals surface area (Å²) >= 11 is 26.5. The Balaban J connectivity index is 1.81. The SMILES string of the molecule is Cc1ccc(Cl)c(N=C2NN(c3c(Cl)cc(Cl)cc3Cl)C(=O)C2Sc2ccccc2[NH3+])c1. The van der Waals surface area contributed by atoms with Crippen molar-refractivity contribution in [3.8, 4) is 0 Å². The maximum atomic E-state index is 13.5. The van der Waals surface area contributed by atoms with Crippen molar-refractivity contribution in [3.05, 3.63) is 80.3 Å². The van der Waals surface area contributed by atoms with E-state index in [1.165, 1.54) is 28.9 Å². The minimum absolute atomic E-state index is 0.236. The van der Waals surface area contributed by atoms with Crippen molar-refractivity contribution in [2.75, 3.05) is 5.01 Å². The maximum Gasteiger partial charge on any atom is 0.267 e. The first-order valence-corrected chi connectivity index (χ1v) is 11.8. The number of aryl methyl sites for hydroxylation is 1. The van der Waals surface area contributed by atoms with Crippen LogP contribution >= 0.6 is 58.2 Å². The van der Waals surface area contributed by atoms with E-state index in [9.17, 15) is 4.79 Å². The molecule has 3 aromatic carbocycles. The minimum atomic E-state index is -0.697. The molecule has 32 heavy (non-hydrogen) atoms. The van der Waals surface area contributed by atoms with E-state index >= 15 is 0 Å². The minimum Gasteiger partial charge on any atom is -0.324 e. The van der Waals surface area contributed by atoms with Crippen molar-refractivity contribution in [2.24, 2.45) is 4.99 Å². The second kappa shape index (κ2) is 9.51. The third-order valence-electron chi connectivity index (χ3n) is 4.68. The van der Waals surface area contributed by atoms with Crippen LogP contribution in [0.1, 0.15) is 5.56 Å². The summed E-state index contributed by atoms with van der Waals surface area (Å²) in [6.07, 6.45) is 0. The lowest BCUT2D eigenvalue weighted by molar-refractivity contribution is -0.258. The summed E-state index contributed by atoms with van der Waals surface area (Å²) in [4.78, 5) is 19.1. The van der Waals surface area contributed by atoms with Gasteiger partial charge in [-0.15, -0.1) is 0 Å². The van der Waals surface area contributed by atoms with Gasteiger partial charge in [-0.1, -0.05) is 76.4 Å². The Labute approximate surface area is 209 Å². The molecule has 1 unspecified atom stereocenters. The molecule has 4 N–H and O–H groups in total. The Kier molecular flexibility index (Phi) is 6.91. The number of anilines is 1. The van der Waals surface area contributed by atoms with Crippen LogP contribution in [-0.2, 0) is 4.79 Å². The van der Waals surface area contributed by atoms with Gasteiger partial charge in [0, 0.05) is 11.1 Å². The predicted molar refractivity (Wildman–Crippen MR) is 134 cm³/mol. The topological polar surface area (TPSA) is 72.3 Å². The van der Waals surface area contributed by atoms with Gasteiger partial charge in [0.05, 0.1) is 25.7 Å². The third kappa shape index (κ3) is 4.71. The van der Waals surface area contributed by atoms with Gasteiger partial charge in [-0.3, -0.25) is 10.2 Å². The number of nitrogens with zero attached hydrogens (tertiary/aromatic N) is 2. The maximum absolute atomic E-state index is 13.5. The van der Waals surface area contributed by atoms with E-state index in [4.69, 9.17) is 46.4 Å². The Morgan fingerprint density at radius 2 is 1.69 bits per heavy atom. The zero-order valence-electron chi connectivity index (χ0n) is 16.7. The standard InChI is InChI=1S/C22H16Cl4N4OS/c1-11-6-7-13(24)17(8-11)28-21-20(32-18-5-3-2-4-16(18)27)22(31)30(29-21)19-14(25)9-12(23)10-15(19)26/h2-10,20H,27H2,1H3,(H,28,29)/p+1. The zero-order chi connectivity index (χ0) is 23.0. The number of nitrogens with one attached hydrogen (secondary N) is 1. The summed E-state index contributed by atoms with van der Waals surface area (Å²) < 4.78 is 0. The molecule has 0 spiro atoms. The molecule has 1 fully saturated rings. The normalized spacial score (nSPS) is 17.2. The van der Waals surface area contributed by atoms with Gasteiger partial charge in [0.15, 0.2) is 0 Å². The van der Waals surface area contributed by atoms with Gasteiger partial charge >= 0.3 is 0 Å². The quantitative estimate of drug-likeness (QED) is 0.423. The Morgan fingerprint density at radius 3 is 2.38 bits per heavy atom. The molecule has 0 radical (unpaired) electrons. The molecule has 0 aromatic heterocycles. The summed E-state index contributed by atoms with van der Waals surface area (Å²) in [5.74, 6) is 0.115. The molecule has 0 aliphatic carbocycles. The van der Waals surface area contributed by atoms with Gasteiger partial charge in [0.1, 0.15) is 22.5 Å². The van der Waals surface area contributed by atoms with Crippen LogP contribution in [0.15, 0.2) is 64.5 Å². The highest BCUT2D eigenvalue weighted by atomic mass is 35.5. The number of hydrogen-bond donors (Lipinski definition) is 2. The molecule has 1 aliphatic heterocycles. The van der Waals surface area contributed by atoms with Crippen molar-refractivity contribution in [1.29, 1.82) is 0 Å². The summed E-state index contributed by atoms with van der Waals surface area (Å²) in [5.41, 5.74) is 9.76. The van der Waals surface area contributed by atoms with Crippen LogP contribution in [0.5, 0.6) is 0 Å². The predicted octanol–water partition coefficient (Wildman–Crippen LogP) is 6.22. The molecule has 0 saturated carbocycles. The molecule has 3 aromatic rings. The number of amidine groups is 1. The van der Waals surface area contributed by atoms with Crippen molar-refractivity contribution < 1.29 is 10.5 Å². The largest absolute Gasteiger partial charge is 0.324 e. The number of amides is 1. The molecule has 10 heteroatoms. The first-order chi connectivity index (χ1) is 15.2. The molecule has 1 amide bonds. The average Bonchev–Trinajstić information content (AvgIpc) is 3.01. The molecular formula is C22H17Cl4N4OS+. The van der Waals surface area contributed by atoms with E-state index in [2.05, 4.69) is 16.2 Å². The van der Waals surface area contributed by atoms with E-state index in [1.807, 2.05) is 43.3 Å². The van der Waals surface area contributed by atoms with Crippen LogP contribution in [-0.4, -0.2) is 17.0 Å². The van der Waals surface area contributed by atoms with Gasteiger partial charge in [-0.05, 0) is 42.8 Å². The number of aliphatic imine (C=N–C) groups is 1. The van der Waals surface area contributed by atoms with Crippen LogP contribution in [0.4, 0.5) is 17.1 Å². The number of hydrogen-bond acceptors (Lipinski definition) is 3. The molecule has 164 valence electrons. The molecule has 1 atom stereocenters. The molecule has 4 rings (SSSR count). The molecule has 1 saturated heterocycles. The number of carbonyl (C=O) groups is 1. The number of rotatable bonds is 4. The van der Waals surface area contributed by atoms with E-state index < -0.39 is 5.25 Å². The monoisotopic (exact) mass is 525 g/mol. The lowest BCUT2D eigenvalue weighted by Gasteiger charge is -2.19. The number of carbonyl (C=O) groups excluding carboxylic acids is 1. The molecule has 0 bridgehead atoms. The van der Waals surface area contributed by atoms with Crippen LogP contribution < -0.4 is 16.2 Å². The van der Waals surface area contributed by atoms with Gasteiger partial charge in [0.2, 0.25) is 0 Å². The highest BCUT2D eigenvalue weighted by Gasteiger charge is 2.41. The number of benzene rings is 3. The van der Waals surface area contributed by atoms with Crippen molar-refractivity contribution in [1.82, 2.24) is 5.43 Å². The smallest absolute Gasteiger partial charge is 0.267 e. The second-order valence-electron chi connectivity index (χ2n) is 7.06. The van der Waals surface area contributed by atoms with Gasteiger partial charge < -0.3 is 5.73 Å². The van der Waals surface area contributed by atoms with Gasteiger partial charge in [-0.25, -0.2) is 10.0 Å². The zero-order valence-corrected chi connectivity index (χ0v) is 20.5. The lowest BCUT2D eigenvalue weighted by Crippen LogP contribution is -2.41. The fourth-order valence-corrected chi connectivity index (χ4v) is 5.35. The van der Waals surface area contributed by atoms with Crippen molar-refractivity contribution in [3.63, 3.8) is 0 Å². The van der Waals surface area contributed by atoms with Gasteiger partial charge in [0.25, 0.3) is 5.91 Å². The fraction of sp³-hybridized carbons (Fsp3) is 0.0909. The summed E-state index contributed by atoms with van der Waals surface area (Å²) in [7, 11) is 0. The number of halogens is 4. The molecule has 1 aliphatic rings. The van der Waals surface area contributed by atoms with Crippen molar-refractivity contribution >= 4 is 87.0 Å². The first-order valence-electron chi connectivity index (χ1n) is 9.42. The lowest BCUT2D eigenvalue weighted by atomic mass is 10.2. The molecular weight excluding hydrogens is 510 g/mol. The van der Waals surface area contributed by atoms with Crippen LogP contribution in [0.25, 0.3) is 0 Å². The van der Waals surface area contributed by atoms with E-state index in [1.54, 1.807) is 6.07 Å². The highest BCUT2D eigenvalue weighted by molar-refractivity contribution is 8.01. The van der Waals surface area contributed by atoms with Gasteiger partial charge in [-0.2, -0.15) is 0 Å². The fourth-order valence-electron chi connectivity index (χ4n) is 3.15. The number of hydrazine groups is 1. The summed E-state index contributed by atoms with van der Waals surface area (Å²) in [5, 5.41) is 1.91. The third-order valence-corrected chi connectivity index (χ3v) is 7.11. The Morgan fingerprint density at radius 1 is 1.00 bits per heavy atom. The van der Waals surface area contributed by atoms with E-state index in [0.29, 0.717) is 27.3 Å². The Bertz CT molecular complexity index is 1230. The van der Waals surface area contributed by atoms with Crippen LogP contribution in [0.2, 0.25) is 20.1 Å². The van der Waals surface area contributed by atoms with Crippen LogP contribution in [0, 0.1) is 6.92 Å². The van der Waals surface area contributed by atoms with Crippen molar-refractivity contribution in [2.45, 2.75) is 17.1 Å². The molecule has 5 nitrogen and oxygen atoms in total. The average molecular weight is 527 g/mol. The first kappa shape index (κ1) is 23.2. The number of thioether (sulfide) groups is 1. The second-order valence-corrected chi connectivity index (χ2v) is 9.87. The van der Waals surface area contributed by atoms with E-state index in [0.717, 1.165) is 16.1 Å². The molecule has 1 heterocycles.